The van der Waals surface area contributed by atoms with Gasteiger partial charge in [-0.1, -0.05) is 12.1 Å². The van der Waals surface area contributed by atoms with Crippen LogP contribution in [0.1, 0.15) is 0 Å². The number of hydrogen-bond acceptors (Lipinski definition) is 2. The molecule has 0 bridgehead atoms. The Morgan fingerprint density at radius 3 is 2.47 bits per heavy atom. The lowest BCUT2D eigenvalue weighted by molar-refractivity contribution is -0.590. The summed E-state index contributed by atoms with van der Waals surface area (Å²) in [6.07, 6.45) is 0. The Kier molecular flexibility index (Phi) is 3.67. The summed E-state index contributed by atoms with van der Waals surface area (Å²) in [5, 5.41) is 10.7. The van der Waals surface area contributed by atoms with E-state index >= 15 is 0 Å². The second-order valence-electron chi connectivity index (χ2n) is 3.50. The fourth-order valence-corrected chi connectivity index (χ4v) is 4.80. The highest BCUT2D eigenvalue weighted by molar-refractivity contribution is 5.65. The fourth-order valence-electron chi connectivity index (χ4n) is 1.79. The van der Waals surface area contributed by atoms with Gasteiger partial charge in [0.15, 0.2) is 0 Å². The summed E-state index contributed by atoms with van der Waals surface area (Å²) in [6.45, 7) is 0. The molecule has 1 heterocycles. The summed E-state index contributed by atoms with van der Waals surface area (Å²) in [7, 11) is 0. The minimum absolute atomic E-state index is 0. The van der Waals surface area contributed by atoms with Gasteiger partial charge in [0.1, 0.15) is 0 Å². The zero-order valence-corrected chi connectivity index (χ0v) is 12.9. The minimum Gasteiger partial charge on any atom is -1.00 e. The monoisotopic (exact) mass is 451 g/mol. The molecular formula is C12H7I2NO2. The molecule has 86 valence electrons. The Bertz CT molecular complexity index is 599. The SMILES string of the molecule is O=[N+]([O-])c1ccc2c(c1)[I+]c1ccccc1-2.[I-]. The van der Waals surface area contributed by atoms with Gasteiger partial charge in [-0.25, -0.2) is 0 Å². The number of hydrogen-bond donors (Lipinski definition) is 0. The number of non-ortho nitro benzene ring substituents is 1. The number of benzene rings is 2. The molecule has 0 fully saturated rings. The molecule has 3 rings (SSSR count). The van der Waals surface area contributed by atoms with Crippen molar-refractivity contribution in [2.75, 3.05) is 0 Å². The number of rotatable bonds is 1. The predicted octanol–water partition coefficient (Wildman–Crippen LogP) is -3.29. The topological polar surface area (TPSA) is 43.1 Å². The molecule has 2 aromatic carbocycles. The quantitative estimate of drug-likeness (QED) is 0.221. The van der Waals surface area contributed by atoms with E-state index in [1.54, 1.807) is 12.1 Å². The molecule has 0 unspecified atom stereocenters. The van der Waals surface area contributed by atoms with E-state index in [1.807, 2.05) is 18.2 Å². The van der Waals surface area contributed by atoms with E-state index in [1.165, 1.54) is 14.7 Å². The molecule has 17 heavy (non-hydrogen) atoms. The summed E-state index contributed by atoms with van der Waals surface area (Å²) in [6, 6.07) is 13.4. The maximum atomic E-state index is 10.7. The van der Waals surface area contributed by atoms with Crippen LogP contribution in [0, 0.1) is 17.3 Å². The summed E-state index contributed by atoms with van der Waals surface area (Å²) >= 11 is -0.244. The first-order chi connectivity index (χ1) is 7.75. The van der Waals surface area contributed by atoms with E-state index in [-0.39, 0.29) is 55.8 Å². The van der Waals surface area contributed by atoms with Gasteiger partial charge in [-0.05, 0) is 18.2 Å². The standard InChI is InChI=1S/C12H7INO2.HI/c15-14(16)8-5-6-10-9-3-1-2-4-11(9)13-12(10)7-8;/h1-7H;1H/q+1;/p-1. The third-order valence-corrected chi connectivity index (χ3v) is 5.53. The molecular weight excluding hydrogens is 444 g/mol. The third kappa shape index (κ3) is 2.17. The van der Waals surface area contributed by atoms with Crippen molar-refractivity contribution in [2.45, 2.75) is 0 Å². The number of halogens is 2. The zero-order valence-electron chi connectivity index (χ0n) is 8.56. The van der Waals surface area contributed by atoms with Crippen LogP contribution in [-0.2, 0) is 0 Å². The van der Waals surface area contributed by atoms with Gasteiger partial charge < -0.3 is 24.0 Å². The van der Waals surface area contributed by atoms with Crippen LogP contribution in [-0.4, -0.2) is 4.92 Å². The first-order valence-electron chi connectivity index (χ1n) is 4.78. The van der Waals surface area contributed by atoms with Crippen molar-refractivity contribution in [1.82, 2.24) is 0 Å². The molecule has 0 aliphatic carbocycles. The molecule has 3 nitrogen and oxygen atoms in total. The largest absolute Gasteiger partial charge is 1.00 e. The van der Waals surface area contributed by atoms with Crippen molar-refractivity contribution in [3.8, 4) is 11.1 Å². The highest BCUT2D eigenvalue weighted by atomic mass is 127. The van der Waals surface area contributed by atoms with Crippen molar-refractivity contribution in [3.05, 3.63) is 59.7 Å². The number of nitrogens with zero attached hydrogens (tertiary/aromatic N) is 1. The van der Waals surface area contributed by atoms with Gasteiger partial charge in [0.25, 0.3) is 5.69 Å². The molecule has 2 aromatic rings. The van der Waals surface area contributed by atoms with Crippen molar-refractivity contribution in [3.63, 3.8) is 0 Å². The van der Waals surface area contributed by atoms with Crippen LogP contribution in [0.3, 0.4) is 0 Å². The van der Waals surface area contributed by atoms with E-state index in [4.69, 9.17) is 0 Å². The molecule has 1 aliphatic heterocycles. The molecule has 1 aliphatic rings. The third-order valence-electron chi connectivity index (χ3n) is 2.53. The Morgan fingerprint density at radius 2 is 1.71 bits per heavy atom. The Hall–Kier alpha value is -0.700. The molecule has 0 atom stereocenters. The molecule has 0 N–H and O–H groups in total. The summed E-state index contributed by atoms with van der Waals surface area (Å²) in [5.74, 6) is 0. The van der Waals surface area contributed by atoms with Crippen molar-refractivity contribution in [2.24, 2.45) is 0 Å². The van der Waals surface area contributed by atoms with E-state index in [0.717, 1.165) is 3.57 Å². The number of nitro groups is 1. The van der Waals surface area contributed by atoms with Crippen LogP contribution in [0.15, 0.2) is 42.5 Å². The maximum absolute atomic E-state index is 10.7. The maximum Gasteiger partial charge on any atom is 0.359 e. The average molecular weight is 451 g/mol. The molecule has 0 saturated heterocycles. The van der Waals surface area contributed by atoms with Gasteiger partial charge in [0.2, 0.25) is 7.14 Å². The molecule has 0 spiro atoms. The van der Waals surface area contributed by atoms with Gasteiger partial charge in [0.05, 0.1) is 11.0 Å². The van der Waals surface area contributed by atoms with Gasteiger partial charge in [-0.2, -0.15) is 0 Å². The first kappa shape index (κ1) is 12.7. The first-order valence-corrected chi connectivity index (χ1v) is 6.94. The van der Waals surface area contributed by atoms with Crippen LogP contribution in [0.5, 0.6) is 0 Å². The highest BCUT2D eigenvalue weighted by Gasteiger charge is 2.34. The average Bonchev–Trinajstić information content (AvgIpc) is 2.66. The number of nitro benzene ring substituents is 1. The Morgan fingerprint density at radius 1 is 1.00 bits per heavy atom. The van der Waals surface area contributed by atoms with Crippen molar-refractivity contribution < 1.29 is 50.1 Å². The van der Waals surface area contributed by atoms with Crippen LogP contribution >= 0.6 is 0 Å². The van der Waals surface area contributed by atoms with Crippen LogP contribution in [0.4, 0.5) is 5.69 Å². The van der Waals surface area contributed by atoms with E-state index < -0.39 is 0 Å². The molecule has 5 heteroatoms. The molecule has 0 amide bonds. The smallest absolute Gasteiger partial charge is 0.359 e. The second-order valence-corrected chi connectivity index (χ2v) is 6.36. The Balaban J connectivity index is 0.00000108. The van der Waals surface area contributed by atoms with Gasteiger partial charge in [-0.15, -0.1) is 0 Å². The highest BCUT2D eigenvalue weighted by Crippen LogP contribution is 2.24. The Labute approximate surface area is 126 Å². The number of fused-ring (bicyclic) bond motifs is 3. The zero-order chi connectivity index (χ0) is 11.1. The lowest BCUT2D eigenvalue weighted by Gasteiger charge is -1.93. The summed E-state index contributed by atoms with van der Waals surface area (Å²) < 4.78 is 2.52. The lowest BCUT2D eigenvalue weighted by Crippen LogP contribution is -3.61. The molecule has 0 saturated carbocycles. The van der Waals surface area contributed by atoms with Crippen molar-refractivity contribution in [1.29, 1.82) is 0 Å². The summed E-state index contributed by atoms with van der Waals surface area (Å²) in [4.78, 5) is 10.4. The van der Waals surface area contributed by atoms with E-state index in [2.05, 4.69) is 12.1 Å². The van der Waals surface area contributed by atoms with Crippen LogP contribution in [0.2, 0.25) is 0 Å². The van der Waals surface area contributed by atoms with Gasteiger partial charge in [0, 0.05) is 17.2 Å². The van der Waals surface area contributed by atoms with Gasteiger partial charge >= 0.3 is 21.2 Å². The molecule has 0 aromatic heterocycles. The van der Waals surface area contributed by atoms with Crippen LogP contribution < -0.4 is 45.2 Å². The van der Waals surface area contributed by atoms with Crippen molar-refractivity contribution >= 4 is 5.69 Å². The summed E-state index contributed by atoms with van der Waals surface area (Å²) in [5.41, 5.74) is 2.63. The predicted molar refractivity (Wildman–Crippen MR) is 55.9 cm³/mol. The fraction of sp³-hybridized carbons (Fsp3) is 0. The van der Waals surface area contributed by atoms with E-state index in [0.29, 0.717) is 0 Å². The minimum atomic E-state index is -0.326. The lowest BCUT2D eigenvalue weighted by atomic mass is 10.1. The van der Waals surface area contributed by atoms with Gasteiger partial charge in [-0.3, -0.25) is 10.1 Å². The second kappa shape index (κ2) is 4.89. The van der Waals surface area contributed by atoms with Crippen LogP contribution in [0.25, 0.3) is 11.1 Å². The molecule has 0 radical (unpaired) electrons. The normalized spacial score (nSPS) is 11.3. The van der Waals surface area contributed by atoms with E-state index in [9.17, 15) is 10.1 Å².